The quantitative estimate of drug-likeness (QED) is 0.423. The number of halogens is 3. The lowest BCUT2D eigenvalue weighted by Crippen LogP contribution is -2.17. The molecule has 3 heteroatoms. The van der Waals surface area contributed by atoms with Crippen LogP contribution >= 0.6 is 0 Å². The van der Waals surface area contributed by atoms with E-state index in [-0.39, 0.29) is 0 Å². The second-order valence-electron chi connectivity index (χ2n) is 9.36. The molecule has 0 N–H and O–H groups in total. The second kappa shape index (κ2) is 11.1. The smallest absolute Gasteiger partial charge is 0.166 e. The molecule has 0 spiro atoms. The maximum absolute atomic E-state index is 12.6. The molecule has 30 heavy (non-hydrogen) atoms. The highest BCUT2D eigenvalue weighted by Gasteiger charge is 2.29. The van der Waals surface area contributed by atoms with Crippen molar-refractivity contribution in [1.82, 2.24) is 0 Å². The van der Waals surface area contributed by atoms with Crippen molar-refractivity contribution in [3.63, 3.8) is 0 Å². The highest BCUT2D eigenvalue weighted by atomic mass is 19.4. The zero-order valence-corrected chi connectivity index (χ0v) is 18.2. The van der Waals surface area contributed by atoms with Crippen LogP contribution in [0.4, 0.5) is 13.2 Å². The number of benzene rings is 1. The van der Waals surface area contributed by atoms with Crippen molar-refractivity contribution in [1.29, 1.82) is 0 Å². The van der Waals surface area contributed by atoms with Gasteiger partial charge < -0.3 is 0 Å². The van der Waals surface area contributed by atoms with Crippen molar-refractivity contribution in [3.8, 4) is 11.8 Å². The molecule has 0 aliphatic heterocycles. The van der Waals surface area contributed by atoms with E-state index in [4.69, 9.17) is 0 Å². The van der Waals surface area contributed by atoms with Crippen molar-refractivity contribution >= 4 is 0 Å². The fraction of sp³-hybridized carbons (Fsp3) is 0.630. The van der Waals surface area contributed by atoms with Gasteiger partial charge in [0.25, 0.3) is 0 Å². The molecule has 2 fully saturated rings. The van der Waals surface area contributed by atoms with E-state index in [0.29, 0.717) is 11.5 Å². The average Bonchev–Trinajstić information content (AvgIpc) is 2.76. The summed E-state index contributed by atoms with van der Waals surface area (Å²) < 4.78 is 37.7. The average molecular weight is 417 g/mol. The Labute approximate surface area is 180 Å². The number of hydrogen-bond acceptors (Lipinski definition) is 0. The molecule has 0 saturated heterocycles. The first-order chi connectivity index (χ1) is 14.4. The first kappa shape index (κ1) is 23.0. The molecule has 0 radical (unpaired) electrons. The van der Waals surface area contributed by atoms with Crippen LogP contribution in [0.3, 0.4) is 0 Å². The molecule has 0 nitrogen and oxygen atoms in total. The molecule has 0 unspecified atom stereocenters. The first-order valence-electron chi connectivity index (χ1n) is 11.8. The Kier molecular flexibility index (Phi) is 8.49. The summed E-state index contributed by atoms with van der Waals surface area (Å²) in [6, 6.07) is 5.04. The monoisotopic (exact) mass is 416 g/mol. The maximum Gasteiger partial charge on any atom is 0.416 e. The highest BCUT2D eigenvalue weighted by molar-refractivity contribution is 5.39. The summed E-state index contributed by atoms with van der Waals surface area (Å²) in [5, 5.41) is 0. The first-order valence-corrected chi connectivity index (χ1v) is 11.8. The van der Waals surface area contributed by atoms with Crippen LogP contribution in [-0.4, -0.2) is 0 Å². The van der Waals surface area contributed by atoms with Crippen molar-refractivity contribution in [2.24, 2.45) is 23.7 Å². The van der Waals surface area contributed by atoms with Crippen LogP contribution in [0, 0.1) is 35.5 Å². The molecular weight excluding hydrogens is 381 g/mol. The van der Waals surface area contributed by atoms with Gasteiger partial charge in [-0.15, -0.1) is 0 Å². The summed E-state index contributed by atoms with van der Waals surface area (Å²) >= 11 is 0. The summed E-state index contributed by atoms with van der Waals surface area (Å²) in [7, 11) is 0. The number of alkyl halides is 3. The Bertz CT molecular complexity index is 716. The van der Waals surface area contributed by atoms with E-state index >= 15 is 0 Å². The Morgan fingerprint density at radius 2 is 1.37 bits per heavy atom. The fourth-order valence-corrected chi connectivity index (χ4v) is 5.12. The second-order valence-corrected chi connectivity index (χ2v) is 9.36. The highest BCUT2D eigenvalue weighted by Crippen LogP contribution is 2.37. The molecular formula is C27H35F3. The van der Waals surface area contributed by atoms with Crippen molar-refractivity contribution in [3.05, 3.63) is 47.5 Å². The molecule has 0 aromatic heterocycles. The standard InChI is InChI=1S/C27H35F3/c1-2-21-7-9-24(10-8-21)15-16-25-13-11-22(12-14-25)5-3-4-6-23-17-19-26(20-18-23)27(28,29)30/h3,5,17-22,24-25H,2,7-16H2,1H3/b5-3+. The van der Waals surface area contributed by atoms with Crippen molar-refractivity contribution in [2.45, 2.75) is 83.7 Å². The topological polar surface area (TPSA) is 0 Å². The van der Waals surface area contributed by atoms with Gasteiger partial charge in [-0.2, -0.15) is 13.2 Å². The molecule has 1 aromatic rings. The van der Waals surface area contributed by atoms with Crippen LogP contribution < -0.4 is 0 Å². The lowest BCUT2D eigenvalue weighted by Gasteiger charge is -2.31. The third-order valence-electron chi connectivity index (χ3n) is 7.30. The van der Waals surface area contributed by atoms with Crippen LogP contribution in [0.25, 0.3) is 0 Å². The van der Waals surface area contributed by atoms with Crippen LogP contribution in [0.15, 0.2) is 36.4 Å². The van der Waals surface area contributed by atoms with Gasteiger partial charge in [-0.05, 0) is 79.7 Å². The van der Waals surface area contributed by atoms with Crippen LogP contribution in [-0.2, 0) is 6.18 Å². The molecule has 164 valence electrons. The minimum Gasteiger partial charge on any atom is -0.166 e. The summed E-state index contributed by atoms with van der Waals surface area (Å²) in [4.78, 5) is 0. The molecule has 2 saturated carbocycles. The zero-order valence-electron chi connectivity index (χ0n) is 18.2. The predicted molar refractivity (Wildman–Crippen MR) is 118 cm³/mol. The number of hydrogen-bond donors (Lipinski definition) is 0. The van der Waals surface area contributed by atoms with E-state index in [1.54, 1.807) is 0 Å². The van der Waals surface area contributed by atoms with Gasteiger partial charge in [-0.1, -0.05) is 69.8 Å². The summed E-state index contributed by atoms with van der Waals surface area (Å²) in [6.45, 7) is 2.33. The van der Waals surface area contributed by atoms with Crippen molar-refractivity contribution in [2.75, 3.05) is 0 Å². The molecule has 0 amide bonds. The predicted octanol–water partition coefficient (Wildman–Crippen LogP) is 8.42. The molecule has 1 aromatic carbocycles. The van der Waals surface area contributed by atoms with Gasteiger partial charge in [0, 0.05) is 5.56 Å². The SMILES string of the molecule is CCC1CCC(CCC2CCC(/C=C/C#Cc3ccc(C(F)(F)F)cc3)CC2)CC1. The minimum absolute atomic E-state index is 0.600. The molecule has 2 aliphatic carbocycles. The minimum atomic E-state index is -4.29. The van der Waals surface area contributed by atoms with Gasteiger partial charge in [0.15, 0.2) is 0 Å². The van der Waals surface area contributed by atoms with Crippen LogP contribution in [0.2, 0.25) is 0 Å². The van der Waals surface area contributed by atoms with Crippen molar-refractivity contribution < 1.29 is 13.2 Å². The molecule has 0 atom stereocenters. The molecule has 0 heterocycles. The molecule has 3 rings (SSSR count). The Morgan fingerprint density at radius 1 is 0.833 bits per heavy atom. The van der Waals surface area contributed by atoms with Gasteiger partial charge in [0.2, 0.25) is 0 Å². The van der Waals surface area contributed by atoms with Gasteiger partial charge >= 0.3 is 6.18 Å². The normalized spacial score (nSPS) is 27.6. The Morgan fingerprint density at radius 3 is 1.90 bits per heavy atom. The third kappa shape index (κ3) is 7.22. The van der Waals surface area contributed by atoms with Gasteiger partial charge in [-0.3, -0.25) is 0 Å². The van der Waals surface area contributed by atoms with Gasteiger partial charge in [-0.25, -0.2) is 0 Å². The molecule has 0 bridgehead atoms. The van der Waals surface area contributed by atoms with Gasteiger partial charge in [0.05, 0.1) is 5.56 Å². The molecule has 2 aliphatic rings. The van der Waals surface area contributed by atoms with E-state index in [1.807, 2.05) is 6.08 Å². The summed E-state index contributed by atoms with van der Waals surface area (Å²) in [5.74, 6) is 9.38. The van der Waals surface area contributed by atoms with E-state index in [9.17, 15) is 13.2 Å². The largest absolute Gasteiger partial charge is 0.416 e. The lowest BCUT2D eigenvalue weighted by atomic mass is 9.75. The van der Waals surface area contributed by atoms with E-state index < -0.39 is 11.7 Å². The van der Waals surface area contributed by atoms with Gasteiger partial charge in [0.1, 0.15) is 0 Å². The van der Waals surface area contributed by atoms with E-state index in [2.05, 4.69) is 24.8 Å². The fourth-order valence-electron chi connectivity index (χ4n) is 5.12. The summed E-state index contributed by atoms with van der Waals surface area (Å²) in [5.41, 5.74) is -0.0154. The maximum atomic E-state index is 12.6. The lowest BCUT2D eigenvalue weighted by molar-refractivity contribution is -0.137. The zero-order chi connectivity index (χ0) is 21.4. The van der Waals surface area contributed by atoms with Crippen LogP contribution in [0.1, 0.15) is 88.7 Å². The Hall–Kier alpha value is -1.69. The number of rotatable bonds is 5. The summed E-state index contributed by atoms with van der Waals surface area (Å²) in [6.07, 6.45) is 14.9. The van der Waals surface area contributed by atoms with E-state index in [0.717, 1.165) is 29.9 Å². The van der Waals surface area contributed by atoms with E-state index in [1.165, 1.54) is 82.8 Å². The third-order valence-corrected chi connectivity index (χ3v) is 7.30. The van der Waals surface area contributed by atoms with Crippen LogP contribution in [0.5, 0.6) is 0 Å². The Balaban J connectivity index is 1.35. The number of allylic oxidation sites excluding steroid dienone is 2.